The monoisotopic (exact) mass is 391 g/mol. The van der Waals surface area contributed by atoms with E-state index in [0.717, 1.165) is 0 Å². The van der Waals surface area contributed by atoms with Crippen LogP contribution in [0.2, 0.25) is 0 Å². The number of carbonyl (C=O) groups is 4. The van der Waals surface area contributed by atoms with Gasteiger partial charge in [0, 0.05) is 24.3 Å². The zero-order valence-electron chi connectivity index (χ0n) is 17.4. The van der Waals surface area contributed by atoms with Crippen LogP contribution in [0.4, 0.5) is 0 Å². The molecule has 0 aliphatic heterocycles. The van der Waals surface area contributed by atoms with Crippen molar-refractivity contribution in [2.45, 2.75) is 53.5 Å². The van der Waals surface area contributed by atoms with Crippen LogP contribution in [0.15, 0.2) is 24.3 Å². The molecule has 1 aromatic carbocycles. The predicted octanol–water partition coefficient (Wildman–Crippen LogP) is 2.46. The first-order valence-corrected chi connectivity index (χ1v) is 9.24. The number of carbonyl (C=O) groups excluding carboxylic acids is 4. The molecule has 1 aromatic rings. The minimum atomic E-state index is -1.99. The second-order valence-corrected chi connectivity index (χ2v) is 7.48. The van der Waals surface area contributed by atoms with Crippen LogP contribution in [0.25, 0.3) is 0 Å². The van der Waals surface area contributed by atoms with Crippen LogP contribution in [0.1, 0.15) is 57.5 Å². The van der Waals surface area contributed by atoms with E-state index in [1.165, 1.54) is 6.92 Å². The third-order valence-corrected chi connectivity index (χ3v) is 4.00. The van der Waals surface area contributed by atoms with Crippen LogP contribution >= 0.6 is 0 Å². The van der Waals surface area contributed by atoms with E-state index in [9.17, 15) is 19.2 Å². The molecule has 0 fully saturated rings. The fourth-order valence-electron chi connectivity index (χ4n) is 2.70. The number of hydrogen-bond donors (Lipinski definition) is 1. The number of esters is 2. The van der Waals surface area contributed by atoms with Gasteiger partial charge < -0.3 is 14.8 Å². The van der Waals surface area contributed by atoms with Crippen LogP contribution in [0, 0.1) is 5.41 Å². The highest BCUT2D eigenvalue weighted by atomic mass is 16.6. The van der Waals surface area contributed by atoms with Gasteiger partial charge >= 0.3 is 11.9 Å². The lowest BCUT2D eigenvalue weighted by atomic mass is 9.85. The van der Waals surface area contributed by atoms with Crippen molar-refractivity contribution >= 4 is 23.6 Å². The molecule has 1 N–H and O–H groups in total. The first-order chi connectivity index (χ1) is 13.0. The van der Waals surface area contributed by atoms with Gasteiger partial charge in [-0.1, -0.05) is 45.0 Å². The Balaban J connectivity index is 3.31. The van der Waals surface area contributed by atoms with Gasteiger partial charge in [0.15, 0.2) is 5.78 Å². The molecule has 0 aromatic heterocycles. The Labute approximate surface area is 165 Å². The number of benzene rings is 1. The van der Waals surface area contributed by atoms with E-state index in [0.29, 0.717) is 11.1 Å². The molecule has 7 heteroatoms. The van der Waals surface area contributed by atoms with E-state index in [1.54, 1.807) is 38.1 Å². The molecule has 7 nitrogen and oxygen atoms in total. The lowest BCUT2D eigenvalue weighted by molar-refractivity contribution is -0.168. The number of amides is 1. The van der Waals surface area contributed by atoms with Gasteiger partial charge in [0.05, 0.1) is 13.2 Å². The Morgan fingerprint density at radius 2 is 1.36 bits per heavy atom. The third kappa shape index (κ3) is 5.65. The summed E-state index contributed by atoms with van der Waals surface area (Å²) in [6.45, 7) is 9.98. The zero-order chi connectivity index (χ0) is 21.5. The van der Waals surface area contributed by atoms with Gasteiger partial charge in [-0.15, -0.1) is 0 Å². The highest BCUT2D eigenvalue weighted by Gasteiger charge is 2.50. The van der Waals surface area contributed by atoms with Gasteiger partial charge in [0.25, 0.3) is 0 Å². The molecule has 0 saturated heterocycles. The summed E-state index contributed by atoms with van der Waals surface area (Å²) in [4.78, 5) is 49.4. The Morgan fingerprint density at radius 1 is 0.893 bits per heavy atom. The van der Waals surface area contributed by atoms with Crippen molar-refractivity contribution in [1.82, 2.24) is 5.32 Å². The molecule has 0 aliphatic carbocycles. The summed E-state index contributed by atoms with van der Waals surface area (Å²) in [5.74, 6) is -2.37. The summed E-state index contributed by atoms with van der Waals surface area (Å²) in [5.41, 5.74) is -1.43. The standard InChI is InChI=1S/C21H29NO6/c1-7-27-18(25)21(22-14(3)23,19(26)28-8-2)13-15-9-11-16(12-10-15)17(24)20(4,5)6/h9-12H,7-8,13H2,1-6H3,(H,22,23). The molecule has 0 radical (unpaired) electrons. The zero-order valence-corrected chi connectivity index (χ0v) is 17.4. The van der Waals surface area contributed by atoms with Crippen molar-refractivity contribution in [3.8, 4) is 0 Å². The second-order valence-electron chi connectivity index (χ2n) is 7.48. The maximum absolute atomic E-state index is 12.6. The van der Waals surface area contributed by atoms with Gasteiger partial charge in [0.2, 0.25) is 11.4 Å². The van der Waals surface area contributed by atoms with E-state index in [2.05, 4.69) is 5.32 Å². The van der Waals surface area contributed by atoms with Crippen molar-refractivity contribution in [2.24, 2.45) is 5.41 Å². The molecule has 1 amide bonds. The van der Waals surface area contributed by atoms with E-state index in [-0.39, 0.29) is 25.4 Å². The van der Waals surface area contributed by atoms with Gasteiger partial charge in [0.1, 0.15) is 0 Å². The molecule has 154 valence electrons. The predicted molar refractivity (Wildman–Crippen MR) is 104 cm³/mol. The summed E-state index contributed by atoms with van der Waals surface area (Å²) in [7, 11) is 0. The first-order valence-electron chi connectivity index (χ1n) is 9.24. The van der Waals surface area contributed by atoms with E-state index in [1.807, 2.05) is 20.8 Å². The van der Waals surface area contributed by atoms with Gasteiger partial charge in [-0.25, -0.2) is 9.59 Å². The van der Waals surface area contributed by atoms with E-state index >= 15 is 0 Å². The van der Waals surface area contributed by atoms with E-state index in [4.69, 9.17) is 9.47 Å². The second kappa shape index (κ2) is 9.48. The molecule has 0 saturated carbocycles. The lowest BCUT2D eigenvalue weighted by Gasteiger charge is -2.29. The maximum atomic E-state index is 12.6. The summed E-state index contributed by atoms with van der Waals surface area (Å²) >= 11 is 0. The summed E-state index contributed by atoms with van der Waals surface area (Å²) in [6.07, 6.45) is -0.158. The van der Waals surface area contributed by atoms with Gasteiger partial charge in [-0.2, -0.15) is 0 Å². The number of ether oxygens (including phenoxy) is 2. The molecule has 28 heavy (non-hydrogen) atoms. The van der Waals surface area contributed by atoms with Crippen molar-refractivity contribution in [3.63, 3.8) is 0 Å². The fraction of sp³-hybridized carbons (Fsp3) is 0.524. The minimum absolute atomic E-state index is 0.0250. The molecular formula is C21H29NO6. The molecule has 0 unspecified atom stereocenters. The van der Waals surface area contributed by atoms with Crippen LogP contribution in [0.3, 0.4) is 0 Å². The fourth-order valence-corrected chi connectivity index (χ4v) is 2.70. The topological polar surface area (TPSA) is 98.8 Å². The highest BCUT2D eigenvalue weighted by Crippen LogP contribution is 2.23. The maximum Gasteiger partial charge on any atom is 0.344 e. The summed E-state index contributed by atoms with van der Waals surface area (Å²) in [5, 5.41) is 2.42. The molecule has 1 rings (SSSR count). The smallest absolute Gasteiger partial charge is 0.344 e. The SMILES string of the molecule is CCOC(=O)C(Cc1ccc(C(=O)C(C)(C)C)cc1)(NC(C)=O)C(=O)OCC. The number of hydrogen-bond acceptors (Lipinski definition) is 6. The van der Waals surface area contributed by atoms with Crippen LogP contribution in [-0.2, 0) is 30.3 Å². The van der Waals surface area contributed by atoms with Crippen molar-refractivity contribution in [3.05, 3.63) is 35.4 Å². The molecule has 0 aliphatic rings. The third-order valence-electron chi connectivity index (χ3n) is 4.00. The average Bonchev–Trinajstić information content (AvgIpc) is 2.60. The molecular weight excluding hydrogens is 362 g/mol. The van der Waals surface area contributed by atoms with E-state index < -0.39 is 28.8 Å². The van der Waals surface area contributed by atoms with Crippen molar-refractivity contribution < 1.29 is 28.7 Å². The number of rotatable bonds is 8. The number of nitrogens with one attached hydrogen (secondary N) is 1. The van der Waals surface area contributed by atoms with Gasteiger partial charge in [-0.3, -0.25) is 9.59 Å². The molecule has 0 spiro atoms. The summed E-state index contributed by atoms with van der Waals surface area (Å²) in [6, 6.07) is 6.57. The van der Waals surface area contributed by atoms with Crippen molar-refractivity contribution in [1.29, 1.82) is 0 Å². The Kier molecular flexibility index (Phi) is 7.90. The minimum Gasteiger partial charge on any atom is -0.464 e. The van der Waals surface area contributed by atoms with Crippen LogP contribution < -0.4 is 5.32 Å². The quantitative estimate of drug-likeness (QED) is 0.415. The normalized spacial score (nSPS) is 11.5. The molecule has 0 heterocycles. The van der Waals surface area contributed by atoms with Crippen LogP contribution in [0.5, 0.6) is 0 Å². The van der Waals surface area contributed by atoms with Crippen molar-refractivity contribution in [2.75, 3.05) is 13.2 Å². The van der Waals surface area contributed by atoms with Gasteiger partial charge in [-0.05, 0) is 19.4 Å². The van der Waals surface area contributed by atoms with Crippen LogP contribution in [-0.4, -0.2) is 42.4 Å². The summed E-state index contributed by atoms with van der Waals surface area (Å²) < 4.78 is 10.1. The highest BCUT2D eigenvalue weighted by molar-refractivity contribution is 6.08. The molecule has 0 bridgehead atoms. The largest absolute Gasteiger partial charge is 0.464 e. The lowest BCUT2D eigenvalue weighted by Crippen LogP contribution is -2.62. The number of ketones is 1. The molecule has 0 atom stereocenters. The first kappa shape index (κ1) is 23.3. The Morgan fingerprint density at radius 3 is 1.71 bits per heavy atom. The Bertz CT molecular complexity index is 712. The number of Topliss-reactive ketones (excluding diaryl/α,β-unsaturated/α-hetero) is 1. The Hall–Kier alpha value is -2.70. The average molecular weight is 391 g/mol.